The van der Waals surface area contributed by atoms with Gasteiger partial charge >= 0.3 is 0 Å². The molecule has 5 heteroatoms. The molecule has 1 aliphatic rings. The van der Waals surface area contributed by atoms with Gasteiger partial charge in [0.15, 0.2) is 0 Å². The highest BCUT2D eigenvalue weighted by atomic mass is 16.2. The molecule has 138 valence electrons. The summed E-state index contributed by atoms with van der Waals surface area (Å²) in [7, 11) is 3.98. The Balaban J connectivity index is 1.80. The number of hydrogen-bond acceptors (Lipinski definition) is 3. The molecule has 25 heavy (non-hydrogen) atoms. The minimum atomic E-state index is 0.00248. The van der Waals surface area contributed by atoms with E-state index in [4.69, 9.17) is 0 Å². The van der Waals surface area contributed by atoms with E-state index in [2.05, 4.69) is 24.5 Å². The Kier molecular flexibility index (Phi) is 6.85. The normalized spacial score (nSPS) is 20.2. The Morgan fingerprint density at radius 2 is 1.52 bits per heavy atom. The first-order valence-corrected chi connectivity index (χ1v) is 9.22. The number of anilines is 2. The van der Waals surface area contributed by atoms with Gasteiger partial charge in [-0.25, -0.2) is 0 Å². The zero-order valence-corrected chi connectivity index (χ0v) is 15.8. The van der Waals surface area contributed by atoms with E-state index < -0.39 is 0 Å². The summed E-state index contributed by atoms with van der Waals surface area (Å²) in [5, 5.41) is 6.01. The van der Waals surface area contributed by atoms with E-state index in [1.807, 2.05) is 43.3 Å². The Morgan fingerprint density at radius 1 is 1.00 bits per heavy atom. The molecule has 0 saturated heterocycles. The van der Waals surface area contributed by atoms with Crippen molar-refractivity contribution >= 4 is 23.2 Å². The third kappa shape index (κ3) is 5.76. The SMILES string of the molecule is CC(C)CNC(=O)C1CCC(C(=O)Nc2ccc(N(C)C)cc2)CC1. The van der Waals surface area contributed by atoms with Gasteiger partial charge in [-0.2, -0.15) is 0 Å². The number of hydrogen-bond donors (Lipinski definition) is 2. The van der Waals surface area contributed by atoms with Crippen molar-refractivity contribution in [2.45, 2.75) is 39.5 Å². The van der Waals surface area contributed by atoms with Crippen molar-refractivity contribution in [3.8, 4) is 0 Å². The van der Waals surface area contributed by atoms with Crippen LogP contribution in [0.15, 0.2) is 24.3 Å². The van der Waals surface area contributed by atoms with E-state index >= 15 is 0 Å². The molecule has 1 fully saturated rings. The largest absolute Gasteiger partial charge is 0.378 e. The van der Waals surface area contributed by atoms with Crippen LogP contribution in [-0.4, -0.2) is 32.5 Å². The quantitative estimate of drug-likeness (QED) is 0.832. The average Bonchev–Trinajstić information content (AvgIpc) is 2.60. The summed E-state index contributed by atoms with van der Waals surface area (Å²) in [6.07, 6.45) is 3.14. The van der Waals surface area contributed by atoms with Gasteiger partial charge < -0.3 is 15.5 Å². The zero-order chi connectivity index (χ0) is 18.4. The standard InChI is InChI=1S/C20H31N3O2/c1-14(2)13-21-19(24)15-5-7-16(8-6-15)20(25)22-17-9-11-18(12-10-17)23(3)4/h9-12,14-16H,5-8,13H2,1-4H3,(H,21,24)(H,22,25). The van der Waals surface area contributed by atoms with Gasteiger partial charge in [0.2, 0.25) is 11.8 Å². The Hall–Kier alpha value is -2.04. The van der Waals surface area contributed by atoms with Gasteiger partial charge in [0, 0.05) is 43.9 Å². The molecular formula is C20H31N3O2. The lowest BCUT2D eigenvalue weighted by atomic mass is 9.81. The molecule has 0 radical (unpaired) electrons. The minimum Gasteiger partial charge on any atom is -0.378 e. The van der Waals surface area contributed by atoms with E-state index in [-0.39, 0.29) is 23.7 Å². The second-order valence-corrected chi connectivity index (χ2v) is 7.62. The van der Waals surface area contributed by atoms with Crippen LogP contribution < -0.4 is 15.5 Å². The number of benzene rings is 1. The van der Waals surface area contributed by atoms with Gasteiger partial charge in [-0.1, -0.05) is 13.8 Å². The summed E-state index contributed by atoms with van der Waals surface area (Å²) in [6, 6.07) is 7.84. The molecule has 0 spiro atoms. The van der Waals surface area contributed by atoms with Crippen LogP contribution in [0.25, 0.3) is 0 Å². The Labute approximate surface area is 151 Å². The fourth-order valence-electron chi connectivity index (χ4n) is 3.15. The third-order valence-corrected chi connectivity index (χ3v) is 4.80. The number of rotatable bonds is 6. The molecule has 2 amide bonds. The van der Waals surface area contributed by atoms with Gasteiger partial charge in [0.1, 0.15) is 0 Å². The first-order chi connectivity index (χ1) is 11.9. The molecule has 1 aromatic rings. The monoisotopic (exact) mass is 345 g/mol. The van der Waals surface area contributed by atoms with Crippen molar-refractivity contribution in [2.24, 2.45) is 17.8 Å². The van der Waals surface area contributed by atoms with Crippen LogP contribution in [0.5, 0.6) is 0 Å². The lowest BCUT2D eigenvalue weighted by Crippen LogP contribution is -2.37. The van der Waals surface area contributed by atoms with E-state index in [0.29, 0.717) is 5.92 Å². The van der Waals surface area contributed by atoms with Gasteiger partial charge in [0.05, 0.1) is 0 Å². The van der Waals surface area contributed by atoms with Crippen LogP contribution >= 0.6 is 0 Å². The fraction of sp³-hybridized carbons (Fsp3) is 0.600. The zero-order valence-electron chi connectivity index (χ0n) is 15.8. The Bertz CT molecular complexity index is 573. The van der Waals surface area contributed by atoms with Crippen LogP contribution in [0, 0.1) is 17.8 Å². The molecule has 5 nitrogen and oxygen atoms in total. The summed E-state index contributed by atoms with van der Waals surface area (Å²) in [4.78, 5) is 26.6. The minimum absolute atomic E-state index is 0.00248. The molecule has 2 rings (SSSR count). The number of nitrogens with zero attached hydrogens (tertiary/aromatic N) is 1. The molecule has 0 atom stereocenters. The van der Waals surface area contributed by atoms with Crippen LogP contribution in [-0.2, 0) is 9.59 Å². The van der Waals surface area contributed by atoms with Crippen molar-refractivity contribution in [1.29, 1.82) is 0 Å². The highest BCUT2D eigenvalue weighted by Crippen LogP contribution is 2.30. The summed E-state index contributed by atoms with van der Waals surface area (Å²) in [5.74, 6) is 0.736. The van der Waals surface area contributed by atoms with E-state index in [9.17, 15) is 9.59 Å². The fourth-order valence-corrected chi connectivity index (χ4v) is 3.15. The van der Waals surface area contributed by atoms with Crippen molar-refractivity contribution < 1.29 is 9.59 Å². The maximum atomic E-state index is 12.5. The van der Waals surface area contributed by atoms with Crippen molar-refractivity contribution in [3.63, 3.8) is 0 Å². The first kappa shape index (κ1) is 19.3. The molecule has 0 aromatic heterocycles. The summed E-state index contributed by atoms with van der Waals surface area (Å²) in [5.41, 5.74) is 1.93. The van der Waals surface area contributed by atoms with E-state index in [1.54, 1.807) is 0 Å². The second-order valence-electron chi connectivity index (χ2n) is 7.62. The smallest absolute Gasteiger partial charge is 0.227 e. The molecule has 0 bridgehead atoms. The maximum absolute atomic E-state index is 12.5. The summed E-state index contributed by atoms with van der Waals surface area (Å²) in [6.45, 7) is 4.90. The Morgan fingerprint density at radius 3 is 2.00 bits per heavy atom. The second kappa shape index (κ2) is 8.88. The predicted molar refractivity (Wildman–Crippen MR) is 103 cm³/mol. The molecule has 1 saturated carbocycles. The molecule has 0 aliphatic heterocycles. The number of carbonyl (C=O) groups excluding carboxylic acids is 2. The number of nitrogens with one attached hydrogen (secondary N) is 2. The molecule has 1 aromatic carbocycles. The van der Waals surface area contributed by atoms with Crippen LogP contribution in [0.2, 0.25) is 0 Å². The highest BCUT2D eigenvalue weighted by Gasteiger charge is 2.29. The highest BCUT2D eigenvalue weighted by molar-refractivity contribution is 5.93. The average molecular weight is 345 g/mol. The van der Waals surface area contributed by atoms with Crippen LogP contribution in [0.1, 0.15) is 39.5 Å². The molecule has 1 aliphatic carbocycles. The summed E-state index contributed by atoms with van der Waals surface area (Å²) < 4.78 is 0. The summed E-state index contributed by atoms with van der Waals surface area (Å²) >= 11 is 0. The first-order valence-electron chi connectivity index (χ1n) is 9.22. The van der Waals surface area contributed by atoms with Gasteiger partial charge in [-0.15, -0.1) is 0 Å². The van der Waals surface area contributed by atoms with Gasteiger partial charge in [-0.3, -0.25) is 9.59 Å². The van der Waals surface area contributed by atoms with Gasteiger partial charge in [-0.05, 0) is 55.9 Å². The van der Waals surface area contributed by atoms with Crippen molar-refractivity contribution in [1.82, 2.24) is 5.32 Å². The number of carbonyl (C=O) groups is 2. The molecular weight excluding hydrogens is 314 g/mol. The van der Waals surface area contributed by atoms with E-state index in [0.717, 1.165) is 43.6 Å². The molecule has 0 unspecified atom stereocenters. The molecule has 0 heterocycles. The van der Waals surface area contributed by atoms with Crippen molar-refractivity contribution in [3.05, 3.63) is 24.3 Å². The third-order valence-electron chi connectivity index (χ3n) is 4.80. The number of amides is 2. The van der Waals surface area contributed by atoms with Crippen LogP contribution in [0.4, 0.5) is 11.4 Å². The van der Waals surface area contributed by atoms with Crippen LogP contribution in [0.3, 0.4) is 0 Å². The van der Waals surface area contributed by atoms with E-state index in [1.165, 1.54) is 0 Å². The molecule has 2 N–H and O–H groups in total. The topological polar surface area (TPSA) is 61.4 Å². The maximum Gasteiger partial charge on any atom is 0.227 e. The lowest BCUT2D eigenvalue weighted by Gasteiger charge is -2.27. The lowest BCUT2D eigenvalue weighted by molar-refractivity contribution is -0.128. The predicted octanol–water partition coefficient (Wildman–Crippen LogP) is 3.27. The van der Waals surface area contributed by atoms with Gasteiger partial charge in [0.25, 0.3) is 0 Å². The van der Waals surface area contributed by atoms with Crippen molar-refractivity contribution in [2.75, 3.05) is 30.9 Å².